The Balaban J connectivity index is 1.23. The molecule has 1 aliphatic carbocycles. The highest BCUT2D eigenvalue weighted by atomic mass is 19.4. The van der Waals surface area contributed by atoms with E-state index in [0.717, 1.165) is 43.6 Å². The third-order valence-electron chi connectivity index (χ3n) is 6.39. The second kappa shape index (κ2) is 8.35. The van der Waals surface area contributed by atoms with Crippen molar-refractivity contribution in [2.75, 3.05) is 19.6 Å². The van der Waals surface area contributed by atoms with Crippen LogP contribution < -0.4 is 4.74 Å². The van der Waals surface area contributed by atoms with E-state index in [9.17, 15) is 18.0 Å². The third-order valence-corrected chi connectivity index (χ3v) is 6.39. The molecule has 170 valence electrons. The fourth-order valence-corrected chi connectivity index (χ4v) is 4.61. The van der Waals surface area contributed by atoms with E-state index in [0.29, 0.717) is 36.9 Å². The first-order valence-electron chi connectivity index (χ1n) is 11.0. The summed E-state index contributed by atoms with van der Waals surface area (Å²) in [5.74, 6) is 0.938. The van der Waals surface area contributed by atoms with Crippen molar-refractivity contribution in [2.24, 2.45) is 0 Å². The van der Waals surface area contributed by atoms with Crippen molar-refractivity contribution in [3.63, 3.8) is 0 Å². The normalized spacial score (nSPS) is 24.3. The van der Waals surface area contributed by atoms with Crippen LogP contribution in [-0.2, 0) is 17.5 Å². The van der Waals surface area contributed by atoms with E-state index in [2.05, 4.69) is 14.9 Å². The molecule has 3 heterocycles. The largest absolute Gasteiger partial charge is 0.472 e. The second-order valence-electron chi connectivity index (χ2n) is 8.85. The molecule has 9 heteroatoms. The summed E-state index contributed by atoms with van der Waals surface area (Å²) in [6.45, 7) is 2.08. The van der Waals surface area contributed by atoms with Gasteiger partial charge in [-0.15, -0.1) is 0 Å². The van der Waals surface area contributed by atoms with Crippen molar-refractivity contribution in [3.05, 3.63) is 53.5 Å². The zero-order valence-electron chi connectivity index (χ0n) is 17.6. The number of carbonyl (C=O) groups is 1. The number of amides is 1. The maximum Gasteiger partial charge on any atom is 0.416 e. The Hall–Kier alpha value is -2.68. The van der Waals surface area contributed by atoms with Gasteiger partial charge in [0.25, 0.3) is 0 Å². The minimum Gasteiger partial charge on any atom is -0.472 e. The molecule has 0 bridgehead atoms. The van der Waals surface area contributed by atoms with Crippen LogP contribution in [0.3, 0.4) is 0 Å². The molecule has 1 saturated carbocycles. The highest BCUT2D eigenvalue weighted by Crippen LogP contribution is 2.38. The molecule has 1 aromatic heterocycles. The van der Waals surface area contributed by atoms with Crippen LogP contribution in [0.5, 0.6) is 5.88 Å². The van der Waals surface area contributed by atoms with Crippen molar-refractivity contribution < 1.29 is 22.7 Å². The SMILES string of the molecule is O=C1[C@@H]2C[C@H](Oc3cnc(C4CC4)cn3)CN2CCCN1Cc1cccc(C(F)(F)F)c1. The second-order valence-corrected chi connectivity index (χ2v) is 8.85. The molecule has 32 heavy (non-hydrogen) atoms. The summed E-state index contributed by atoms with van der Waals surface area (Å²) in [4.78, 5) is 25.8. The summed E-state index contributed by atoms with van der Waals surface area (Å²) in [5, 5.41) is 0. The van der Waals surface area contributed by atoms with Crippen molar-refractivity contribution >= 4 is 5.91 Å². The lowest BCUT2D eigenvalue weighted by atomic mass is 10.1. The molecule has 2 atom stereocenters. The minimum absolute atomic E-state index is 0.0545. The molecule has 1 amide bonds. The van der Waals surface area contributed by atoms with Gasteiger partial charge in [0.2, 0.25) is 11.8 Å². The first-order chi connectivity index (χ1) is 15.4. The Labute approximate surface area is 184 Å². The summed E-state index contributed by atoms with van der Waals surface area (Å²) in [7, 11) is 0. The number of carbonyl (C=O) groups excluding carboxylic acids is 1. The Morgan fingerprint density at radius 2 is 1.97 bits per heavy atom. The van der Waals surface area contributed by atoms with Crippen LogP contribution in [0.4, 0.5) is 13.2 Å². The molecule has 3 aliphatic rings. The summed E-state index contributed by atoms with van der Waals surface area (Å²) < 4.78 is 45.1. The Morgan fingerprint density at radius 1 is 1.12 bits per heavy atom. The van der Waals surface area contributed by atoms with E-state index >= 15 is 0 Å². The van der Waals surface area contributed by atoms with Gasteiger partial charge in [0.15, 0.2) is 0 Å². The van der Waals surface area contributed by atoms with Gasteiger partial charge >= 0.3 is 6.18 Å². The fourth-order valence-electron chi connectivity index (χ4n) is 4.61. The highest BCUT2D eigenvalue weighted by Gasteiger charge is 2.41. The molecule has 3 fully saturated rings. The smallest absolute Gasteiger partial charge is 0.416 e. The van der Waals surface area contributed by atoms with E-state index < -0.39 is 11.7 Å². The van der Waals surface area contributed by atoms with Gasteiger partial charge in [0, 0.05) is 38.5 Å². The van der Waals surface area contributed by atoms with Crippen molar-refractivity contribution in [3.8, 4) is 5.88 Å². The van der Waals surface area contributed by atoms with Gasteiger partial charge < -0.3 is 9.64 Å². The van der Waals surface area contributed by atoms with Gasteiger partial charge in [-0.05, 0) is 37.0 Å². The summed E-state index contributed by atoms with van der Waals surface area (Å²) in [6, 6.07) is 4.87. The van der Waals surface area contributed by atoms with Crippen molar-refractivity contribution in [1.82, 2.24) is 19.8 Å². The van der Waals surface area contributed by atoms with Gasteiger partial charge in [-0.25, -0.2) is 4.98 Å². The van der Waals surface area contributed by atoms with Gasteiger partial charge in [0.1, 0.15) is 6.10 Å². The van der Waals surface area contributed by atoms with E-state index in [-0.39, 0.29) is 24.6 Å². The lowest BCUT2D eigenvalue weighted by Crippen LogP contribution is -2.42. The van der Waals surface area contributed by atoms with E-state index in [1.165, 1.54) is 6.07 Å². The van der Waals surface area contributed by atoms with Crippen LogP contribution in [0.25, 0.3) is 0 Å². The number of aromatic nitrogens is 2. The first-order valence-corrected chi connectivity index (χ1v) is 11.0. The summed E-state index contributed by atoms with van der Waals surface area (Å²) in [5.41, 5.74) is 0.790. The number of hydrogen-bond acceptors (Lipinski definition) is 5. The molecule has 2 saturated heterocycles. The standard InChI is InChI=1S/C23H25F3N4O2/c24-23(25,26)17-4-1-3-15(9-17)13-30-8-2-7-29-14-18(10-20(29)22(30)31)32-21-12-27-19(11-28-21)16-5-6-16/h1,3-4,9,11-12,16,18,20H,2,5-8,10,13-14H2/t18-,20-/m0/s1. The molecule has 1 aromatic carbocycles. The van der Waals surface area contributed by atoms with Gasteiger partial charge in [-0.3, -0.25) is 14.7 Å². The molecule has 0 radical (unpaired) electrons. The van der Waals surface area contributed by atoms with Crippen molar-refractivity contribution in [1.29, 1.82) is 0 Å². The van der Waals surface area contributed by atoms with Crippen LogP contribution in [-0.4, -0.2) is 57.5 Å². The molecule has 5 rings (SSSR count). The number of hydrogen-bond donors (Lipinski definition) is 0. The summed E-state index contributed by atoms with van der Waals surface area (Å²) in [6.07, 6.45) is 2.47. The lowest BCUT2D eigenvalue weighted by Gasteiger charge is -2.25. The van der Waals surface area contributed by atoms with Crippen LogP contribution in [0, 0.1) is 0 Å². The molecule has 2 aromatic rings. The highest BCUT2D eigenvalue weighted by molar-refractivity contribution is 5.82. The number of rotatable bonds is 5. The zero-order chi connectivity index (χ0) is 22.3. The number of nitrogens with zero attached hydrogens (tertiary/aromatic N) is 4. The Bertz CT molecular complexity index is 978. The lowest BCUT2D eigenvalue weighted by molar-refractivity contribution is -0.137. The van der Waals surface area contributed by atoms with Crippen molar-refractivity contribution in [2.45, 2.75) is 56.5 Å². The fraction of sp³-hybridized carbons (Fsp3) is 0.522. The van der Waals surface area contributed by atoms with Crippen LogP contribution in [0.1, 0.15) is 48.4 Å². The molecule has 2 aliphatic heterocycles. The van der Waals surface area contributed by atoms with E-state index in [1.807, 2.05) is 0 Å². The number of benzene rings is 1. The monoisotopic (exact) mass is 446 g/mol. The van der Waals surface area contributed by atoms with Gasteiger partial charge in [-0.2, -0.15) is 13.2 Å². The number of halogens is 3. The number of alkyl halides is 3. The van der Waals surface area contributed by atoms with Crippen LogP contribution >= 0.6 is 0 Å². The molecule has 0 N–H and O–H groups in total. The van der Waals surface area contributed by atoms with Gasteiger partial charge in [-0.1, -0.05) is 12.1 Å². The van der Waals surface area contributed by atoms with E-state index in [1.54, 1.807) is 23.4 Å². The molecular formula is C23H25F3N4O2. The van der Waals surface area contributed by atoms with Gasteiger partial charge in [0.05, 0.1) is 29.7 Å². The number of fused-ring (bicyclic) bond motifs is 1. The maximum atomic E-state index is 13.2. The quantitative estimate of drug-likeness (QED) is 0.702. The predicted octanol–water partition coefficient (Wildman–Crippen LogP) is 3.63. The maximum absolute atomic E-state index is 13.2. The third kappa shape index (κ3) is 4.57. The average molecular weight is 446 g/mol. The van der Waals surface area contributed by atoms with Crippen LogP contribution in [0.2, 0.25) is 0 Å². The predicted molar refractivity (Wildman–Crippen MR) is 110 cm³/mol. The molecule has 6 nitrogen and oxygen atoms in total. The molecule has 0 unspecified atom stereocenters. The first kappa shape index (κ1) is 21.2. The molecular weight excluding hydrogens is 421 g/mol. The number of ether oxygens (including phenoxy) is 1. The Morgan fingerprint density at radius 3 is 2.69 bits per heavy atom. The zero-order valence-corrected chi connectivity index (χ0v) is 17.6. The van der Waals surface area contributed by atoms with Crippen LogP contribution in [0.15, 0.2) is 36.7 Å². The Kier molecular flexibility index (Phi) is 5.53. The van der Waals surface area contributed by atoms with E-state index in [4.69, 9.17) is 4.74 Å². The topological polar surface area (TPSA) is 58.6 Å². The summed E-state index contributed by atoms with van der Waals surface area (Å²) >= 11 is 0. The molecule has 0 spiro atoms. The average Bonchev–Trinajstić information content (AvgIpc) is 3.55. The minimum atomic E-state index is -4.40.